The molecule has 0 aromatic carbocycles. The topological polar surface area (TPSA) is 70.1 Å². The Morgan fingerprint density at radius 1 is 1.55 bits per heavy atom. The summed E-state index contributed by atoms with van der Waals surface area (Å²) in [5.74, 6) is -0.357. The molecule has 2 amide bonds. The highest BCUT2D eigenvalue weighted by molar-refractivity contribution is 5.89. The molecular formula is C14H26N2O4. The number of rotatable bonds is 7. The fourth-order valence-corrected chi connectivity index (χ4v) is 2.43. The van der Waals surface area contributed by atoms with Crippen LogP contribution in [0.15, 0.2) is 0 Å². The van der Waals surface area contributed by atoms with Gasteiger partial charge in [-0.3, -0.25) is 9.59 Å². The molecule has 0 aromatic rings. The third-order valence-corrected chi connectivity index (χ3v) is 3.40. The number of hydrogen-bond acceptors (Lipinski definition) is 4. The summed E-state index contributed by atoms with van der Waals surface area (Å²) < 4.78 is 4.96. The van der Waals surface area contributed by atoms with Crippen LogP contribution in [0.5, 0.6) is 0 Å². The van der Waals surface area contributed by atoms with Gasteiger partial charge in [0.1, 0.15) is 0 Å². The summed E-state index contributed by atoms with van der Waals surface area (Å²) >= 11 is 0. The van der Waals surface area contributed by atoms with Crippen LogP contribution < -0.4 is 0 Å². The number of hydrogen-bond donors (Lipinski definition) is 1. The minimum atomic E-state index is -0.927. The Morgan fingerprint density at radius 2 is 2.20 bits per heavy atom. The van der Waals surface area contributed by atoms with E-state index in [1.165, 1.54) is 0 Å². The van der Waals surface area contributed by atoms with Crippen LogP contribution in [0.25, 0.3) is 0 Å². The number of aliphatic hydroxyl groups is 1. The van der Waals surface area contributed by atoms with Crippen LogP contribution in [0.3, 0.4) is 0 Å². The van der Waals surface area contributed by atoms with Crippen LogP contribution in [-0.4, -0.2) is 72.2 Å². The Hall–Kier alpha value is -1.14. The van der Waals surface area contributed by atoms with Crippen molar-refractivity contribution in [2.75, 3.05) is 39.9 Å². The van der Waals surface area contributed by atoms with Crippen LogP contribution in [0, 0.1) is 5.92 Å². The van der Waals surface area contributed by atoms with Crippen LogP contribution in [0.4, 0.5) is 0 Å². The van der Waals surface area contributed by atoms with Gasteiger partial charge in [-0.2, -0.15) is 0 Å². The molecule has 20 heavy (non-hydrogen) atoms. The monoisotopic (exact) mass is 286 g/mol. The van der Waals surface area contributed by atoms with Gasteiger partial charge < -0.3 is 19.6 Å². The normalized spacial score (nSPS) is 19.6. The number of ether oxygens (including phenoxy) is 1. The van der Waals surface area contributed by atoms with Crippen molar-refractivity contribution in [3.05, 3.63) is 0 Å². The number of amides is 2. The lowest BCUT2D eigenvalue weighted by atomic mass is 10.0. The first-order chi connectivity index (χ1) is 9.28. The number of carbonyl (C=O) groups is 2. The minimum absolute atomic E-state index is 0.000267. The first-order valence-electron chi connectivity index (χ1n) is 7.06. The maximum Gasteiger partial charge on any atom is 0.228 e. The first kappa shape index (κ1) is 16.9. The van der Waals surface area contributed by atoms with Gasteiger partial charge in [0.15, 0.2) is 0 Å². The Labute approximate surface area is 120 Å². The van der Waals surface area contributed by atoms with Gasteiger partial charge >= 0.3 is 0 Å². The van der Waals surface area contributed by atoms with Crippen molar-refractivity contribution in [2.24, 2.45) is 5.92 Å². The zero-order valence-electron chi connectivity index (χ0n) is 12.9. The van der Waals surface area contributed by atoms with E-state index in [2.05, 4.69) is 0 Å². The third kappa shape index (κ3) is 4.76. The van der Waals surface area contributed by atoms with Crippen molar-refractivity contribution >= 4 is 11.8 Å². The van der Waals surface area contributed by atoms with E-state index in [0.717, 1.165) is 0 Å². The third-order valence-electron chi connectivity index (χ3n) is 3.40. The molecule has 116 valence electrons. The van der Waals surface area contributed by atoms with Gasteiger partial charge in [0.2, 0.25) is 11.8 Å². The van der Waals surface area contributed by atoms with Crippen molar-refractivity contribution < 1.29 is 19.4 Å². The molecule has 1 heterocycles. The van der Waals surface area contributed by atoms with E-state index in [1.807, 2.05) is 6.92 Å². The fourth-order valence-electron chi connectivity index (χ4n) is 2.43. The summed E-state index contributed by atoms with van der Waals surface area (Å²) in [7, 11) is 1.59. The first-order valence-corrected chi connectivity index (χ1v) is 7.06. The van der Waals surface area contributed by atoms with E-state index >= 15 is 0 Å². The van der Waals surface area contributed by atoms with E-state index in [1.54, 1.807) is 30.8 Å². The molecule has 0 radical (unpaired) electrons. The van der Waals surface area contributed by atoms with Gasteiger partial charge in [-0.1, -0.05) is 0 Å². The molecule has 1 rings (SSSR count). The quantitative estimate of drug-likeness (QED) is 0.720. The van der Waals surface area contributed by atoms with Crippen molar-refractivity contribution in [1.29, 1.82) is 0 Å². The summed E-state index contributed by atoms with van der Waals surface area (Å²) in [5, 5.41) is 9.84. The lowest BCUT2D eigenvalue weighted by Crippen LogP contribution is -2.45. The smallest absolute Gasteiger partial charge is 0.228 e. The number of likely N-dealkylation sites (tertiary alicyclic amines) is 1. The molecule has 1 unspecified atom stereocenters. The lowest BCUT2D eigenvalue weighted by Gasteiger charge is -2.30. The van der Waals surface area contributed by atoms with Crippen molar-refractivity contribution in [3.8, 4) is 0 Å². The highest BCUT2D eigenvalue weighted by Gasteiger charge is 2.36. The lowest BCUT2D eigenvalue weighted by molar-refractivity contribution is -0.138. The second-order valence-electron chi connectivity index (χ2n) is 5.90. The molecule has 6 heteroatoms. The van der Waals surface area contributed by atoms with Crippen molar-refractivity contribution in [2.45, 2.75) is 32.8 Å². The van der Waals surface area contributed by atoms with Crippen LogP contribution in [0.1, 0.15) is 27.2 Å². The van der Waals surface area contributed by atoms with Crippen LogP contribution in [0.2, 0.25) is 0 Å². The second-order valence-corrected chi connectivity index (χ2v) is 5.90. The van der Waals surface area contributed by atoms with Gasteiger partial charge in [-0.25, -0.2) is 0 Å². The summed E-state index contributed by atoms with van der Waals surface area (Å²) in [6, 6.07) is 0. The summed E-state index contributed by atoms with van der Waals surface area (Å²) in [6.07, 6.45) is 0.255. The molecule has 1 N–H and O–H groups in total. The minimum Gasteiger partial charge on any atom is -0.389 e. The molecular weight excluding hydrogens is 260 g/mol. The molecule has 1 saturated heterocycles. The predicted molar refractivity (Wildman–Crippen MR) is 75.1 cm³/mol. The Balaban J connectivity index is 2.61. The van der Waals surface area contributed by atoms with Gasteiger partial charge in [0.25, 0.3) is 0 Å². The molecule has 0 spiro atoms. The Kier molecular flexibility index (Phi) is 5.95. The molecule has 1 fully saturated rings. The fraction of sp³-hybridized carbons (Fsp3) is 0.857. The SMILES string of the molecule is CCN(CC(C)(C)O)C(=O)C1CC(=O)N(CCOC)C1. The zero-order valence-corrected chi connectivity index (χ0v) is 12.9. The van der Waals surface area contributed by atoms with Gasteiger partial charge in [-0.15, -0.1) is 0 Å². The molecule has 1 aliphatic rings. The molecule has 1 atom stereocenters. The largest absolute Gasteiger partial charge is 0.389 e. The number of likely N-dealkylation sites (N-methyl/N-ethyl adjacent to an activating group) is 1. The van der Waals surface area contributed by atoms with Gasteiger partial charge in [-0.05, 0) is 20.8 Å². The molecule has 6 nitrogen and oxygen atoms in total. The highest BCUT2D eigenvalue weighted by atomic mass is 16.5. The average Bonchev–Trinajstić information content (AvgIpc) is 2.73. The van der Waals surface area contributed by atoms with E-state index < -0.39 is 5.60 Å². The number of methoxy groups -OCH3 is 1. The molecule has 0 bridgehead atoms. The van der Waals surface area contributed by atoms with Crippen molar-refractivity contribution in [3.63, 3.8) is 0 Å². The maximum atomic E-state index is 12.4. The van der Waals surface area contributed by atoms with Crippen LogP contribution in [-0.2, 0) is 14.3 Å². The van der Waals surface area contributed by atoms with E-state index in [0.29, 0.717) is 26.2 Å². The zero-order chi connectivity index (χ0) is 15.3. The number of nitrogens with zero attached hydrogens (tertiary/aromatic N) is 2. The second kappa shape index (κ2) is 7.04. The maximum absolute atomic E-state index is 12.4. The highest BCUT2D eigenvalue weighted by Crippen LogP contribution is 2.21. The summed E-state index contributed by atoms with van der Waals surface area (Å²) in [4.78, 5) is 27.6. The molecule has 1 aliphatic heterocycles. The van der Waals surface area contributed by atoms with E-state index in [9.17, 15) is 14.7 Å². The van der Waals surface area contributed by atoms with E-state index in [4.69, 9.17) is 4.74 Å². The van der Waals surface area contributed by atoms with Crippen molar-refractivity contribution in [1.82, 2.24) is 9.80 Å². The van der Waals surface area contributed by atoms with Crippen LogP contribution >= 0.6 is 0 Å². The van der Waals surface area contributed by atoms with E-state index in [-0.39, 0.29) is 30.7 Å². The van der Waals surface area contributed by atoms with Gasteiger partial charge in [0.05, 0.1) is 18.1 Å². The van der Waals surface area contributed by atoms with Gasteiger partial charge in [0, 0.05) is 39.7 Å². The Bertz CT molecular complexity index is 352. The molecule has 0 aromatic heterocycles. The Morgan fingerprint density at radius 3 is 2.70 bits per heavy atom. The standard InChI is InChI=1S/C14H26N2O4/c1-5-15(10-14(2,3)19)13(18)11-8-12(17)16(9-11)6-7-20-4/h11,19H,5-10H2,1-4H3. The predicted octanol–water partition coefficient (Wildman–Crippen LogP) is 0.101. The number of carbonyl (C=O) groups excluding carboxylic acids is 2. The summed E-state index contributed by atoms with van der Waals surface area (Å²) in [5.41, 5.74) is -0.927. The molecule has 0 saturated carbocycles. The summed E-state index contributed by atoms with van der Waals surface area (Å²) in [6.45, 7) is 7.50. The molecule has 0 aliphatic carbocycles. The average molecular weight is 286 g/mol.